The molecule has 0 radical (unpaired) electrons. The van der Waals surface area contributed by atoms with Crippen LogP contribution in [0.2, 0.25) is 0 Å². The highest BCUT2D eigenvalue weighted by Gasteiger charge is 2.04. The van der Waals surface area contributed by atoms with Crippen molar-refractivity contribution in [2.75, 3.05) is 98.9 Å². The standard InChI is InChI=1S/C24H53N3O4.C9H22N2O2/c25-13-1-5-17-28-21-9-11-23-30-19-7-3-15-27-16-4-8-20-31-24-12-10-22-29-18-6-2-14-26;1-7(10)4-12-6-9(3)13-5-8(2)11/h27H,1-26H2;7-9H,4-6,10-11H2,1-3H3. The van der Waals surface area contributed by atoms with Gasteiger partial charge in [0.1, 0.15) is 0 Å². The van der Waals surface area contributed by atoms with Crippen LogP contribution in [0.15, 0.2) is 0 Å². The van der Waals surface area contributed by atoms with Crippen molar-refractivity contribution in [1.82, 2.24) is 5.32 Å². The van der Waals surface area contributed by atoms with Gasteiger partial charge in [0.05, 0.1) is 25.9 Å². The quantitative estimate of drug-likeness (QED) is 0.0646. The molecule has 0 aromatic heterocycles. The van der Waals surface area contributed by atoms with E-state index < -0.39 is 0 Å². The van der Waals surface area contributed by atoms with Gasteiger partial charge < -0.3 is 56.7 Å². The van der Waals surface area contributed by atoms with Crippen LogP contribution in [-0.4, -0.2) is 117 Å². The van der Waals surface area contributed by atoms with Crippen LogP contribution in [0.3, 0.4) is 0 Å². The first kappa shape index (κ1) is 45.7. The van der Waals surface area contributed by atoms with Gasteiger partial charge in [0.25, 0.3) is 0 Å². The summed E-state index contributed by atoms with van der Waals surface area (Å²) in [6.45, 7) is 18.0. The van der Waals surface area contributed by atoms with Gasteiger partial charge >= 0.3 is 0 Å². The van der Waals surface area contributed by atoms with E-state index in [0.29, 0.717) is 19.8 Å². The molecule has 0 aromatic rings. The van der Waals surface area contributed by atoms with E-state index in [-0.39, 0.29) is 18.2 Å². The maximum absolute atomic E-state index is 5.68. The van der Waals surface area contributed by atoms with Gasteiger partial charge in [-0.05, 0) is 124 Å². The molecule has 0 amide bonds. The molecule has 11 heteroatoms. The Morgan fingerprint density at radius 2 is 0.773 bits per heavy atom. The minimum atomic E-state index is 0.0795. The second-order valence-electron chi connectivity index (χ2n) is 11.7. The zero-order valence-electron chi connectivity index (χ0n) is 29.1. The summed E-state index contributed by atoms with van der Waals surface area (Å²) in [6.07, 6.45) is 13.3. The van der Waals surface area contributed by atoms with Gasteiger partial charge in [0.2, 0.25) is 0 Å². The largest absolute Gasteiger partial charge is 0.381 e. The molecule has 0 rings (SSSR count). The maximum Gasteiger partial charge on any atom is 0.0781 e. The van der Waals surface area contributed by atoms with E-state index in [1.165, 1.54) is 12.8 Å². The van der Waals surface area contributed by atoms with E-state index in [4.69, 9.17) is 51.4 Å². The van der Waals surface area contributed by atoms with E-state index in [2.05, 4.69) is 5.32 Å². The number of ether oxygens (including phenoxy) is 6. The summed E-state index contributed by atoms with van der Waals surface area (Å²) >= 11 is 0. The molecule has 0 aliphatic heterocycles. The van der Waals surface area contributed by atoms with E-state index >= 15 is 0 Å². The molecule has 268 valence electrons. The van der Waals surface area contributed by atoms with Gasteiger partial charge in [-0.1, -0.05) is 0 Å². The number of nitrogens with two attached hydrogens (primary N) is 4. The van der Waals surface area contributed by atoms with Crippen LogP contribution in [0.1, 0.15) is 97.8 Å². The van der Waals surface area contributed by atoms with Gasteiger partial charge in [0, 0.05) is 64.9 Å². The molecule has 0 heterocycles. The van der Waals surface area contributed by atoms with Crippen LogP contribution in [0.25, 0.3) is 0 Å². The molecule has 0 aliphatic rings. The molecule has 0 saturated carbocycles. The highest BCUT2D eigenvalue weighted by atomic mass is 16.5. The lowest BCUT2D eigenvalue weighted by atomic mass is 10.3. The zero-order chi connectivity index (χ0) is 32.8. The van der Waals surface area contributed by atoms with Crippen molar-refractivity contribution < 1.29 is 28.4 Å². The fraction of sp³-hybridized carbons (Fsp3) is 1.00. The highest BCUT2D eigenvalue weighted by Crippen LogP contribution is 1.98. The average Bonchev–Trinajstić information content (AvgIpc) is 3.00. The Kier molecular flexibility index (Phi) is 42.1. The number of unbranched alkanes of at least 4 members (excludes halogenated alkanes) is 6. The third kappa shape index (κ3) is 46.0. The molecule has 3 atom stereocenters. The molecule has 0 fully saturated rings. The number of rotatable bonds is 35. The Bertz CT molecular complexity index is 481. The van der Waals surface area contributed by atoms with E-state index in [1.807, 2.05) is 20.8 Å². The van der Waals surface area contributed by atoms with Crippen molar-refractivity contribution >= 4 is 0 Å². The summed E-state index contributed by atoms with van der Waals surface area (Å²) in [5.41, 5.74) is 21.9. The first-order valence-electron chi connectivity index (χ1n) is 17.6. The fourth-order valence-electron chi connectivity index (χ4n) is 3.74. The van der Waals surface area contributed by atoms with Gasteiger partial charge in [0.15, 0.2) is 0 Å². The Labute approximate surface area is 271 Å². The van der Waals surface area contributed by atoms with Crippen LogP contribution in [-0.2, 0) is 28.4 Å². The summed E-state index contributed by atoms with van der Waals surface area (Å²) in [5, 5.41) is 3.50. The van der Waals surface area contributed by atoms with Crippen LogP contribution < -0.4 is 28.3 Å². The Hall–Kier alpha value is -0.440. The molecule has 0 bridgehead atoms. The fourth-order valence-corrected chi connectivity index (χ4v) is 3.74. The molecule has 0 aliphatic carbocycles. The van der Waals surface area contributed by atoms with Gasteiger partial charge in [-0.25, -0.2) is 0 Å². The lowest BCUT2D eigenvalue weighted by Gasteiger charge is -2.15. The van der Waals surface area contributed by atoms with Crippen molar-refractivity contribution in [2.24, 2.45) is 22.9 Å². The maximum atomic E-state index is 5.68. The predicted octanol–water partition coefficient (Wildman–Crippen LogP) is 3.34. The normalized spacial score (nSPS) is 13.4. The van der Waals surface area contributed by atoms with E-state index in [0.717, 1.165) is 143 Å². The summed E-state index contributed by atoms with van der Waals surface area (Å²) in [5.74, 6) is 0. The topological polar surface area (TPSA) is 171 Å². The lowest BCUT2D eigenvalue weighted by Crippen LogP contribution is -2.29. The van der Waals surface area contributed by atoms with Gasteiger partial charge in [-0.15, -0.1) is 0 Å². The first-order valence-corrected chi connectivity index (χ1v) is 17.6. The Morgan fingerprint density at radius 3 is 1.11 bits per heavy atom. The van der Waals surface area contributed by atoms with Gasteiger partial charge in [-0.2, -0.15) is 0 Å². The Balaban J connectivity index is 0. The van der Waals surface area contributed by atoms with Crippen LogP contribution in [0, 0.1) is 0 Å². The van der Waals surface area contributed by atoms with E-state index in [9.17, 15) is 0 Å². The molecule has 44 heavy (non-hydrogen) atoms. The van der Waals surface area contributed by atoms with Gasteiger partial charge in [-0.3, -0.25) is 0 Å². The monoisotopic (exact) mass is 638 g/mol. The third-order valence-corrected chi connectivity index (χ3v) is 6.30. The van der Waals surface area contributed by atoms with Crippen molar-refractivity contribution in [3.05, 3.63) is 0 Å². The molecule has 3 unspecified atom stereocenters. The highest BCUT2D eigenvalue weighted by molar-refractivity contribution is 4.55. The second kappa shape index (κ2) is 40.6. The van der Waals surface area contributed by atoms with Crippen molar-refractivity contribution in [1.29, 1.82) is 0 Å². The van der Waals surface area contributed by atoms with Crippen LogP contribution >= 0.6 is 0 Å². The summed E-state index contributed by atoms with van der Waals surface area (Å²) in [6, 6.07) is 0.163. The average molecular weight is 638 g/mol. The third-order valence-electron chi connectivity index (χ3n) is 6.30. The van der Waals surface area contributed by atoms with Crippen molar-refractivity contribution in [3.8, 4) is 0 Å². The summed E-state index contributed by atoms with van der Waals surface area (Å²) in [7, 11) is 0. The predicted molar refractivity (Wildman–Crippen MR) is 183 cm³/mol. The molecule has 0 aromatic carbocycles. The molecule has 0 saturated heterocycles. The smallest absolute Gasteiger partial charge is 0.0781 e. The first-order chi connectivity index (χ1) is 21.4. The number of hydrogen-bond acceptors (Lipinski definition) is 11. The zero-order valence-corrected chi connectivity index (χ0v) is 29.1. The SMILES string of the molecule is CC(N)COCC(C)OCC(C)N.NCCCCOCCCCOCCCCNCCCCOCCCCOCCCCN. The van der Waals surface area contributed by atoms with Crippen LogP contribution in [0.5, 0.6) is 0 Å². The molecular weight excluding hydrogens is 562 g/mol. The number of nitrogens with one attached hydrogen (secondary N) is 1. The molecule has 9 N–H and O–H groups in total. The summed E-state index contributed by atoms with van der Waals surface area (Å²) in [4.78, 5) is 0. The molecule has 0 spiro atoms. The second-order valence-corrected chi connectivity index (χ2v) is 11.7. The Morgan fingerprint density at radius 1 is 0.432 bits per heavy atom. The minimum absolute atomic E-state index is 0.0795. The molecule has 11 nitrogen and oxygen atoms in total. The summed E-state index contributed by atoms with van der Waals surface area (Å²) < 4.78 is 33.1. The van der Waals surface area contributed by atoms with Crippen LogP contribution in [0.4, 0.5) is 0 Å². The van der Waals surface area contributed by atoms with Crippen molar-refractivity contribution in [2.45, 2.75) is 116 Å². The molecular formula is C33H75N5O6. The minimum Gasteiger partial charge on any atom is -0.381 e. The van der Waals surface area contributed by atoms with Crippen molar-refractivity contribution in [3.63, 3.8) is 0 Å². The number of hydrogen-bond donors (Lipinski definition) is 5. The van der Waals surface area contributed by atoms with E-state index in [1.54, 1.807) is 0 Å². The lowest BCUT2D eigenvalue weighted by molar-refractivity contribution is -0.0121.